The zero-order valence-electron chi connectivity index (χ0n) is 12.3. The van der Waals surface area contributed by atoms with Gasteiger partial charge in [-0.25, -0.2) is 4.39 Å². The van der Waals surface area contributed by atoms with Crippen LogP contribution in [0.15, 0.2) is 24.3 Å². The molecule has 0 aromatic heterocycles. The summed E-state index contributed by atoms with van der Waals surface area (Å²) in [6.07, 6.45) is 0. The third-order valence-corrected chi connectivity index (χ3v) is 2.80. The first-order chi connectivity index (χ1) is 8.87. The van der Waals surface area contributed by atoms with E-state index in [0.717, 1.165) is 5.56 Å². The van der Waals surface area contributed by atoms with Crippen LogP contribution in [0.3, 0.4) is 0 Å². The van der Waals surface area contributed by atoms with E-state index >= 15 is 0 Å². The molecule has 0 saturated carbocycles. The number of ether oxygens (including phenoxy) is 1. The molecule has 2 nitrogen and oxygen atoms in total. The molecule has 19 heavy (non-hydrogen) atoms. The third kappa shape index (κ3) is 9.54. The van der Waals surface area contributed by atoms with E-state index in [1.54, 1.807) is 12.1 Å². The average molecular weight is 286 g/mol. The van der Waals surface area contributed by atoms with Gasteiger partial charge in [-0.1, -0.05) is 26.0 Å². The Balaban J connectivity index is 0.00000154. The molecule has 1 rings (SSSR count). The van der Waals surface area contributed by atoms with Crippen LogP contribution < -0.4 is 0 Å². The summed E-state index contributed by atoms with van der Waals surface area (Å²) in [7, 11) is 0. The summed E-state index contributed by atoms with van der Waals surface area (Å²) in [5.41, 5.74) is 0.563. The minimum atomic E-state index is -0.437. The van der Waals surface area contributed by atoms with E-state index in [1.807, 2.05) is 34.6 Å². The molecular formula is C15H23FO2S. The Bertz CT molecular complexity index is 369. The second kappa shape index (κ2) is 8.97. The largest absolute Gasteiger partial charge is 0.459 e. The van der Waals surface area contributed by atoms with E-state index in [2.05, 4.69) is 0 Å². The zero-order chi connectivity index (χ0) is 14.9. The summed E-state index contributed by atoms with van der Waals surface area (Å²) in [5.74, 6) is 0.532. The summed E-state index contributed by atoms with van der Waals surface area (Å²) in [5, 5.41) is 0. The maximum Gasteiger partial charge on any atom is 0.316 e. The summed E-state index contributed by atoms with van der Waals surface area (Å²) in [6, 6.07) is 6.28. The lowest BCUT2D eigenvalue weighted by Gasteiger charge is -2.19. The molecule has 0 bridgehead atoms. The van der Waals surface area contributed by atoms with Crippen LogP contribution in [0.25, 0.3) is 0 Å². The Kier molecular flexibility index (Phi) is 8.48. The summed E-state index contributed by atoms with van der Waals surface area (Å²) < 4.78 is 17.8. The number of hydrogen-bond donors (Lipinski definition) is 0. The molecule has 0 heterocycles. The average Bonchev–Trinajstić information content (AvgIpc) is 2.32. The lowest BCUT2D eigenvalue weighted by Crippen LogP contribution is -2.24. The van der Waals surface area contributed by atoms with Crippen LogP contribution in [-0.2, 0) is 15.3 Å². The normalized spacial score (nSPS) is 10.4. The fourth-order valence-electron chi connectivity index (χ4n) is 1.20. The number of carbonyl (C=O) groups is 1. The zero-order valence-corrected chi connectivity index (χ0v) is 13.1. The number of hydrogen-bond acceptors (Lipinski definition) is 3. The first-order valence-electron chi connectivity index (χ1n) is 6.41. The number of thioether (sulfide) groups is 1. The standard InChI is InChI=1S/C13H17FO2S.C2H6/c1-13(2,3)16-12(15)9-17-8-10-4-6-11(14)7-5-10;1-2/h4-7H,8-9H2,1-3H3;1-2H3. The monoisotopic (exact) mass is 286 g/mol. The highest BCUT2D eigenvalue weighted by Gasteiger charge is 2.15. The molecule has 1 aromatic carbocycles. The summed E-state index contributed by atoms with van der Waals surface area (Å²) in [6.45, 7) is 9.53. The Morgan fingerprint density at radius 1 is 1.21 bits per heavy atom. The van der Waals surface area contributed by atoms with Crippen molar-refractivity contribution >= 4 is 17.7 Å². The van der Waals surface area contributed by atoms with Gasteiger partial charge in [-0.15, -0.1) is 11.8 Å². The van der Waals surface area contributed by atoms with Crippen LogP contribution >= 0.6 is 11.8 Å². The van der Waals surface area contributed by atoms with Gasteiger partial charge in [-0.2, -0.15) is 0 Å². The molecule has 1 aromatic rings. The van der Waals surface area contributed by atoms with Gasteiger partial charge < -0.3 is 4.74 Å². The molecule has 0 aliphatic carbocycles. The number of benzene rings is 1. The van der Waals surface area contributed by atoms with Crippen molar-refractivity contribution in [1.29, 1.82) is 0 Å². The number of esters is 1. The molecular weight excluding hydrogens is 263 g/mol. The van der Waals surface area contributed by atoms with E-state index in [-0.39, 0.29) is 11.8 Å². The Morgan fingerprint density at radius 2 is 1.74 bits per heavy atom. The quantitative estimate of drug-likeness (QED) is 0.766. The fraction of sp³-hybridized carbons (Fsp3) is 0.533. The molecule has 0 fully saturated rings. The second-order valence-electron chi connectivity index (χ2n) is 4.71. The molecule has 4 heteroatoms. The van der Waals surface area contributed by atoms with E-state index < -0.39 is 5.60 Å². The molecule has 108 valence electrons. The molecule has 0 saturated heterocycles. The Hall–Kier alpha value is -1.03. The second-order valence-corrected chi connectivity index (χ2v) is 5.69. The Morgan fingerprint density at radius 3 is 2.21 bits per heavy atom. The number of halogens is 1. The van der Waals surface area contributed by atoms with Gasteiger partial charge in [-0.05, 0) is 38.5 Å². The molecule has 0 aliphatic rings. The summed E-state index contributed by atoms with van der Waals surface area (Å²) in [4.78, 5) is 11.4. The summed E-state index contributed by atoms with van der Waals surface area (Å²) >= 11 is 1.46. The SMILES string of the molecule is CC.CC(C)(C)OC(=O)CSCc1ccc(F)cc1. The maximum atomic E-state index is 12.6. The number of carbonyl (C=O) groups excluding carboxylic acids is 1. The van der Waals surface area contributed by atoms with Crippen molar-refractivity contribution < 1.29 is 13.9 Å². The van der Waals surface area contributed by atoms with Crippen LogP contribution in [-0.4, -0.2) is 17.3 Å². The molecule has 0 amide bonds. The van der Waals surface area contributed by atoms with Gasteiger partial charge in [0.25, 0.3) is 0 Å². The van der Waals surface area contributed by atoms with Crippen LogP contribution in [0, 0.1) is 5.82 Å². The minimum Gasteiger partial charge on any atom is -0.459 e. The fourth-order valence-corrected chi connectivity index (χ4v) is 1.96. The molecule has 0 radical (unpaired) electrons. The predicted octanol–water partition coefficient (Wildman–Crippen LogP) is 4.43. The van der Waals surface area contributed by atoms with E-state index in [0.29, 0.717) is 11.5 Å². The van der Waals surface area contributed by atoms with Crippen molar-refractivity contribution in [2.75, 3.05) is 5.75 Å². The minimum absolute atomic E-state index is 0.218. The van der Waals surface area contributed by atoms with Crippen molar-refractivity contribution in [1.82, 2.24) is 0 Å². The molecule has 0 atom stereocenters. The highest BCUT2D eigenvalue weighted by Crippen LogP contribution is 2.15. The van der Waals surface area contributed by atoms with Crippen molar-refractivity contribution in [3.8, 4) is 0 Å². The van der Waals surface area contributed by atoms with Gasteiger partial charge in [0.05, 0.1) is 5.75 Å². The van der Waals surface area contributed by atoms with Gasteiger partial charge >= 0.3 is 5.97 Å². The number of rotatable bonds is 4. The van der Waals surface area contributed by atoms with Crippen LogP contribution in [0.2, 0.25) is 0 Å². The third-order valence-electron chi connectivity index (χ3n) is 1.82. The van der Waals surface area contributed by atoms with Crippen molar-refractivity contribution in [3.05, 3.63) is 35.6 Å². The molecule has 0 N–H and O–H groups in total. The van der Waals surface area contributed by atoms with Crippen molar-refractivity contribution in [2.45, 2.75) is 46.0 Å². The van der Waals surface area contributed by atoms with E-state index in [4.69, 9.17) is 4.74 Å². The first-order valence-corrected chi connectivity index (χ1v) is 7.56. The molecule has 0 aliphatic heterocycles. The lowest BCUT2D eigenvalue weighted by molar-refractivity contribution is -0.151. The molecule has 0 unspecified atom stereocenters. The van der Waals surface area contributed by atoms with Gasteiger partial charge in [-0.3, -0.25) is 4.79 Å². The van der Waals surface area contributed by atoms with Gasteiger partial charge in [0.15, 0.2) is 0 Å². The maximum absolute atomic E-state index is 12.6. The highest BCUT2D eigenvalue weighted by molar-refractivity contribution is 7.99. The topological polar surface area (TPSA) is 26.3 Å². The lowest BCUT2D eigenvalue weighted by atomic mass is 10.2. The highest BCUT2D eigenvalue weighted by atomic mass is 32.2. The van der Waals surface area contributed by atoms with Crippen LogP contribution in [0.1, 0.15) is 40.2 Å². The first kappa shape index (κ1) is 18.0. The van der Waals surface area contributed by atoms with Crippen LogP contribution in [0.4, 0.5) is 4.39 Å². The smallest absolute Gasteiger partial charge is 0.316 e. The molecule has 0 spiro atoms. The van der Waals surface area contributed by atoms with Gasteiger partial charge in [0.2, 0.25) is 0 Å². The van der Waals surface area contributed by atoms with E-state index in [1.165, 1.54) is 23.9 Å². The predicted molar refractivity (Wildman–Crippen MR) is 79.8 cm³/mol. The van der Waals surface area contributed by atoms with Crippen molar-refractivity contribution in [3.63, 3.8) is 0 Å². The van der Waals surface area contributed by atoms with E-state index in [9.17, 15) is 9.18 Å². The van der Waals surface area contributed by atoms with Crippen molar-refractivity contribution in [2.24, 2.45) is 0 Å². The van der Waals surface area contributed by atoms with Crippen LogP contribution in [0.5, 0.6) is 0 Å². The Labute approximate surface area is 119 Å². The van der Waals surface area contributed by atoms with Gasteiger partial charge in [0.1, 0.15) is 11.4 Å². The van der Waals surface area contributed by atoms with Gasteiger partial charge in [0, 0.05) is 5.75 Å².